The van der Waals surface area contributed by atoms with Crippen LogP contribution in [0.3, 0.4) is 0 Å². The molecule has 1 heterocycles. The van der Waals surface area contributed by atoms with Crippen LogP contribution in [0.25, 0.3) is 11.0 Å². The van der Waals surface area contributed by atoms with Crippen molar-refractivity contribution < 1.29 is 9.52 Å². The molecule has 0 aliphatic heterocycles. The molecule has 3 aromatic rings. The summed E-state index contributed by atoms with van der Waals surface area (Å²) < 4.78 is 5.78. The first kappa shape index (κ1) is 13.3. The van der Waals surface area contributed by atoms with E-state index in [4.69, 9.17) is 9.68 Å². The number of phenols is 1. The highest BCUT2D eigenvalue weighted by Crippen LogP contribution is 2.22. The second kappa shape index (κ2) is 5.72. The Morgan fingerprint density at radius 2 is 1.81 bits per heavy atom. The SMILES string of the molecule is N#Cc1ccc2oc(CCCc3ccc(O)cc3)cc2c1. The smallest absolute Gasteiger partial charge is 0.134 e. The number of hydrogen-bond acceptors (Lipinski definition) is 3. The summed E-state index contributed by atoms with van der Waals surface area (Å²) >= 11 is 0. The van der Waals surface area contributed by atoms with Crippen molar-refractivity contribution in [2.75, 3.05) is 0 Å². The molecule has 0 unspecified atom stereocenters. The zero-order chi connectivity index (χ0) is 14.7. The van der Waals surface area contributed by atoms with E-state index in [-0.39, 0.29) is 0 Å². The van der Waals surface area contributed by atoms with Crippen molar-refractivity contribution in [3.8, 4) is 11.8 Å². The standard InChI is InChI=1S/C18H15NO2/c19-12-14-6-9-18-15(10-14)11-17(21-18)3-1-2-13-4-7-16(20)8-5-13/h4-11,20H,1-3H2. The fraction of sp³-hybridized carbons (Fsp3) is 0.167. The van der Waals surface area contributed by atoms with Gasteiger partial charge in [0.25, 0.3) is 0 Å². The summed E-state index contributed by atoms with van der Waals surface area (Å²) in [6, 6.07) is 16.9. The predicted octanol–water partition coefficient (Wildman–Crippen LogP) is 4.19. The first-order valence-electron chi connectivity index (χ1n) is 6.95. The molecule has 0 spiro atoms. The molecule has 104 valence electrons. The van der Waals surface area contributed by atoms with E-state index in [0.717, 1.165) is 36.0 Å². The molecule has 2 aromatic carbocycles. The molecule has 3 heteroatoms. The summed E-state index contributed by atoms with van der Waals surface area (Å²) in [6.07, 6.45) is 2.79. The molecular formula is C18H15NO2. The highest BCUT2D eigenvalue weighted by Gasteiger charge is 2.05. The van der Waals surface area contributed by atoms with Crippen LogP contribution in [0.15, 0.2) is 52.9 Å². The number of hydrogen-bond donors (Lipinski definition) is 1. The fourth-order valence-corrected chi connectivity index (χ4v) is 2.42. The lowest BCUT2D eigenvalue weighted by molar-refractivity contribution is 0.475. The minimum atomic E-state index is 0.296. The quantitative estimate of drug-likeness (QED) is 0.778. The highest BCUT2D eigenvalue weighted by molar-refractivity contribution is 5.79. The van der Waals surface area contributed by atoms with E-state index in [1.807, 2.05) is 30.3 Å². The fourth-order valence-electron chi connectivity index (χ4n) is 2.42. The van der Waals surface area contributed by atoms with Crippen molar-refractivity contribution in [3.63, 3.8) is 0 Å². The normalized spacial score (nSPS) is 10.6. The van der Waals surface area contributed by atoms with E-state index in [1.165, 1.54) is 5.56 Å². The summed E-state index contributed by atoms with van der Waals surface area (Å²) in [5, 5.41) is 19.1. The summed E-state index contributed by atoms with van der Waals surface area (Å²) in [6.45, 7) is 0. The maximum absolute atomic E-state index is 9.25. The molecule has 0 aliphatic rings. The van der Waals surface area contributed by atoms with E-state index in [0.29, 0.717) is 11.3 Å². The van der Waals surface area contributed by atoms with Gasteiger partial charge in [-0.25, -0.2) is 0 Å². The first-order valence-corrected chi connectivity index (χ1v) is 6.95. The zero-order valence-electron chi connectivity index (χ0n) is 11.5. The van der Waals surface area contributed by atoms with Crippen LogP contribution in [-0.4, -0.2) is 5.11 Å². The van der Waals surface area contributed by atoms with Gasteiger partial charge < -0.3 is 9.52 Å². The Morgan fingerprint density at radius 3 is 2.57 bits per heavy atom. The van der Waals surface area contributed by atoms with Crippen LogP contribution in [0.2, 0.25) is 0 Å². The number of nitrogens with zero attached hydrogens (tertiary/aromatic N) is 1. The summed E-state index contributed by atoms with van der Waals surface area (Å²) in [4.78, 5) is 0. The van der Waals surface area contributed by atoms with E-state index in [9.17, 15) is 5.11 Å². The molecule has 0 aliphatic carbocycles. The van der Waals surface area contributed by atoms with Crippen molar-refractivity contribution in [2.24, 2.45) is 0 Å². The minimum absolute atomic E-state index is 0.296. The minimum Gasteiger partial charge on any atom is -0.508 e. The third kappa shape index (κ3) is 3.06. The third-order valence-corrected chi connectivity index (χ3v) is 3.52. The van der Waals surface area contributed by atoms with Gasteiger partial charge in [-0.15, -0.1) is 0 Å². The van der Waals surface area contributed by atoms with Gasteiger partial charge in [0.2, 0.25) is 0 Å². The van der Waals surface area contributed by atoms with Gasteiger partial charge in [-0.1, -0.05) is 12.1 Å². The van der Waals surface area contributed by atoms with Gasteiger partial charge >= 0.3 is 0 Å². The van der Waals surface area contributed by atoms with Crippen LogP contribution >= 0.6 is 0 Å². The van der Waals surface area contributed by atoms with Crippen LogP contribution in [-0.2, 0) is 12.8 Å². The molecule has 0 saturated heterocycles. The second-order valence-corrected chi connectivity index (χ2v) is 5.10. The molecule has 0 fully saturated rings. The Bertz CT molecular complexity index is 794. The number of furan rings is 1. The largest absolute Gasteiger partial charge is 0.508 e. The number of fused-ring (bicyclic) bond motifs is 1. The number of nitriles is 1. The molecule has 3 rings (SSSR count). The van der Waals surface area contributed by atoms with Gasteiger partial charge in [0.15, 0.2) is 0 Å². The molecule has 1 aromatic heterocycles. The molecule has 3 nitrogen and oxygen atoms in total. The molecular weight excluding hydrogens is 262 g/mol. The second-order valence-electron chi connectivity index (χ2n) is 5.10. The van der Waals surface area contributed by atoms with Crippen LogP contribution in [0.1, 0.15) is 23.3 Å². The Morgan fingerprint density at radius 1 is 1.00 bits per heavy atom. The molecule has 21 heavy (non-hydrogen) atoms. The van der Waals surface area contributed by atoms with Crippen molar-refractivity contribution in [2.45, 2.75) is 19.3 Å². The average Bonchev–Trinajstić information content (AvgIpc) is 2.91. The van der Waals surface area contributed by atoms with Crippen LogP contribution < -0.4 is 0 Å². The van der Waals surface area contributed by atoms with E-state index in [1.54, 1.807) is 18.2 Å². The number of benzene rings is 2. The topological polar surface area (TPSA) is 57.2 Å². The lowest BCUT2D eigenvalue weighted by Gasteiger charge is -2.00. The number of aryl methyl sites for hydroxylation is 2. The summed E-state index contributed by atoms with van der Waals surface area (Å²) in [5.74, 6) is 1.24. The lowest BCUT2D eigenvalue weighted by atomic mass is 10.1. The van der Waals surface area contributed by atoms with Crippen molar-refractivity contribution in [1.29, 1.82) is 5.26 Å². The van der Waals surface area contributed by atoms with Gasteiger partial charge in [0.05, 0.1) is 11.6 Å². The number of phenolic OH excluding ortho intramolecular Hbond substituents is 1. The van der Waals surface area contributed by atoms with Crippen molar-refractivity contribution in [1.82, 2.24) is 0 Å². The van der Waals surface area contributed by atoms with E-state index in [2.05, 4.69) is 6.07 Å². The zero-order valence-corrected chi connectivity index (χ0v) is 11.5. The van der Waals surface area contributed by atoms with Gasteiger partial charge in [-0.05, 0) is 54.8 Å². The summed E-state index contributed by atoms with van der Waals surface area (Å²) in [5.41, 5.74) is 2.68. The average molecular weight is 277 g/mol. The first-order chi connectivity index (χ1) is 10.2. The third-order valence-electron chi connectivity index (χ3n) is 3.52. The molecule has 0 atom stereocenters. The van der Waals surface area contributed by atoms with Gasteiger partial charge in [-0.2, -0.15) is 5.26 Å². The van der Waals surface area contributed by atoms with Crippen molar-refractivity contribution in [3.05, 3.63) is 65.4 Å². The molecule has 0 bridgehead atoms. The summed E-state index contributed by atoms with van der Waals surface area (Å²) in [7, 11) is 0. The van der Waals surface area contributed by atoms with Gasteiger partial charge in [0.1, 0.15) is 17.1 Å². The molecule has 0 radical (unpaired) electrons. The molecule has 1 N–H and O–H groups in total. The monoisotopic (exact) mass is 277 g/mol. The van der Waals surface area contributed by atoms with Gasteiger partial charge in [0, 0.05) is 11.8 Å². The van der Waals surface area contributed by atoms with Gasteiger partial charge in [-0.3, -0.25) is 0 Å². The maximum Gasteiger partial charge on any atom is 0.134 e. The Balaban J connectivity index is 1.65. The van der Waals surface area contributed by atoms with E-state index >= 15 is 0 Å². The van der Waals surface area contributed by atoms with Crippen molar-refractivity contribution >= 4 is 11.0 Å². The number of aromatic hydroxyl groups is 1. The predicted molar refractivity (Wildman–Crippen MR) is 81.1 cm³/mol. The Kier molecular flexibility index (Phi) is 3.61. The Labute approximate surface area is 123 Å². The molecule has 0 amide bonds. The number of rotatable bonds is 4. The van der Waals surface area contributed by atoms with E-state index < -0.39 is 0 Å². The van der Waals surface area contributed by atoms with Crippen LogP contribution in [0.5, 0.6) is 5.75 Å². The molecule has 0 saturated carbocycles. The highest BCUT2D eigenvalue weighted by atomic mass is 16.3. The maximum atomic E-state index is 9.25. The Hall–Kier alpha value is -2.73. The van der Waals surface area contributed by atoms with Crippen LogP contribution in [0.4, 0.5) is 0 Å². The lowest BCUT2D eigenvalue weighted by Crippen LogP contribution is -1.88. The van der Waals surface area contributed by atoms with Crippen LogP contribution in [0, 0.1) is 11.3 Å².